The van der Waals surface area contributed by atoms with E-state index in [2.05, 4.69) is 0 Å². The van der Waals surface area contributed by atoms with Gasteiger partial charge in [0.15, 0.2) is 9.84 Å². The summed E-state index contributed by atoms with van der Waals surface area (Å²) in [6, 6.07) is 16.4. The minimum atomic E-state index is -3.52. The summed E-state index contributed by atoms with van der Waals surface area (Å²) in [5, 5.41) is -0.665. The fraction of sp³-hybridized carbons (Fsp3) is 0.368. The molecule has 3 rings (SSSR count). The Hall–Kier alpha value is -1.69. The summed E-state index contributed by atoms with van der Waals surface area (Å²) in [6.07, 6.45) is 0. The topological polar surface area (TPSA) is 69.4 Å². The van der Waals surface area contributed by atoms with E-state index in [0.717, 1.165) is 11.1 Å². The first kappa shape index (κ1) is 17.1. The number of hydrogen-bond acceptors (Lipinski definition) is 4. The van der Waals surface area contributed by atoms with E-state index in [-0.39, 0.29) is 12.5 Å². The van der Waals surface area contributed by atoms with Crippen LogP contribution < -0.4 is 5.73 Å². The van der Waals surface area contributed by atoms with Gasteiger partial charge in [-0.05, 0) is 31.5 Å². The van der Waals surface area contributed by atoms with E-state index in [1.54, 1.807) is 30.3 Å². The maximum absolute atomic E-state index is 13.1. The number of rotatable bonds is 6. The first-order valence-corrected chi connectivity index (χ1v) is 9.68. The van der Waals surface area contributed by atoms with Gasteiger partial charge in [-0.15, -0.1) is 0 Å². The molecule has 1 saturated carbocycles. The highest BCUT2D eigenvalue weighted by molar-refractivity contribution is 7.92. The molecule has 0 saturated heterocycles. The van der Waals surface area contributed by atoms with Gasteiger partial charge in [-0.25, -0.2) is 8.42 Å². The Bertz CT molecular complexity index is 802. The molecule has 3 atom stereocenters. The quantitative estimate of drug-likeness (QED) is 0.874. The fourth-order valence-electron chi connectivity index (χ4n) is 3.36. The van der Waals surface area contributed by atoms with Crippen LogP contribution in [-0.2, 0) is 14.6 Å². The smallest absolute Gasteiger partial charge is 0.183 e. The third kappa shape index (κ3) is 2.88. The van der Waals surface area contributed by atoms with E-state index >= 15 is 0 Å². The summed E-state index contributed by atoms with van der Waals surface area (Å²) in [4.78, 5) is 0.316. The third-order valence-electron chi connectivity index (χ3n) is 4.70. The zero-order valence-corrected chi connectivity index (χ0v) is 14.8. The molecule has 2 aromatic carbocycles. The number of sulfone groups is 1. The maximum atomic E-state index is 13.1. The van der Waals surface area contributed by atoms with Gasteiger partial charge in [0.1, 0.15) is 0 Å². The second-order valence-electron chi connectivity index (χ2n) is 6.42. The first-order valence-electron chi connectivity index (χ1n) is 8.13. The minimum Gasteiger partial charge on any atom is -0.380 e. The van der Waals surface area contributed by atoms with Crippen molar-refractivity contribution in [3.63, 3.8) is 0 Å². The average molecular weight is 345 g/mol. The zero-order valence-electron chi connectivity index (χ0n) is 14.0. The van der Waals surface area contributed by atoms with Crippen LogP contribution in [0.15, 0.2) is 59.5 Å². The molecule has 4 nitrogen and oxygen atoms in total. The molecule has 2 N–H and O–H groups in total. The van der Waals surface area contributed by atoms with Crippen molar-refractivity contribution in [3.05, 3.63) is 65.7 Å². The Labute approximate surface area is 143 Å². The van der Waals surface area contributed by atoms with Crippen LogP contribution in [0.2, 0.25) is 0 Å². The summed E-state index contributed by atoms with van der Waals surface area (Å²) in [5.74, 6) is -0.255. The fourth-order valence-corrected chi connectivity index (χ4v) is 5.67. The Morgan fingerprint density at radius 2 is 1.71 bits per heavy atom. The molecule has 2 aromatic rings. The van der Waals surface area contributed by atoms with Gasteiger partial charge in [-0.3, -0.25) is 0 Å². The Kier molecular flexibility index (Phi) is 4.51. The van der Waals surface area contributed by atoms with Crippen LogP contribution in [-0.4, -0.2) is 32.4 Å². The van der Waals surface area contributed by atoms with Crippen molar-refractivity contribution in [2.75, 3.05) is 13.2 Å². The molecule has 0 heterocycles. The molecule has 0 aliphatic heterocycles. The van der Waals surface area contributed by atoms with Crippen LogP contribution in [0.3, 0.4) is 0 Å². The second-order valence-corrected chi connectivity index (χ2v) is 8.49. The molecule has 5 heteroatoms. The van der Waals surface area contributed by atoms with E-state index in [1.807, 2.05) is 38.1 Å². The summed E-state index contributed by atoms with van der Waals surface area (Å²) in [7, 11) is -3.52. The standard InChI is InChI=1S/C19H23NO3S/c1-3-23-13-19(20)17(15-11-9-14(2)10-12-15)18(19)24(21,22)16-7-5-4-6-8-16/h4-12,17-18H,3,13,20H2,1-2H3. The largest absolute Gasteiger partial charge is 0.380 e. The molecule has 1 aliphatic carbocycles. The van der Waals surface area contributed by atoms with Gasteiger partial charge in [0.25, 0.3) is 0 Å². The molecule has 0 spiro atoms. The van der Waals surface area contributed by atoms with Crippen LogP contribution in [0.4, 0.5) is 0 Å². The number of nitrogens with two attached hydrogens (primary N) is 1. The van der Waals surface area contributed by atoms with Gasteiger partial charge in [-0.1, -0.05) is 48.0 Å². The maximum Gasteiger partial charge on any atom is 0.183 e. The van der Waals surface area contributed by atoms with E-state index in [4.69, 9.17) is 10.5 Å². The second kappa shape index (κ2) is 6.31. The first-order chi connectivity index (χ1) is 11.4. The lowest BCUT2D eigenvalue weighted by atomic mass is 10.1. The van der Waals surface area contributed by atoms with Crippen molar-refractivity contribution in [1.29, 1.82) is 0 Å². The zero-order chi connectivity index (χ0) is 17.4. The summed E-state index contributed by atoms with van der Waals surface area (Å²) in [5.41, 5.74) is 7.71. The highest BCUT2D eigenvalue weighted by atomic mass is 32.2. The van der Waals surface area contributed by atoms with Crippen molar-refractivity contribution in [2.45, 2.75) is 35.4 Å². The lowest BCUT2D eigenvalue weighted by Gasteiger charge is -2.12. The normalized spacial score (nSPS) is 26.3. The summed E-state index contributed by atoms with van der Waals surface area (Å²) < 4.78 is 31.7. The number of benzene rings is 2. The molecular formula is C19H23NO3S. The van der Waals surface area contributed by atoms with E-state index < -0.39 is 20.6 Å². The van der Waals surface area contributed by atoms with Crippen molar-refractivity contribution in [3.8, 4) is 0 Å². The molecular weight excluding hydrogens is 322 g/mol. The molecule has 128 valence electrons. The monoisotopic (exact) mass is 345 g/mol. The predicted molar refractivity (Wildman–Crippen MR) is 94.7 cm³/mol. The van der Waals surface area contributed by atoms with Gasteiger partial charge >= 0.3 is 0 Å². The van der Waals surface area contributed by atoms with Gasteiger partial charge in [0.05, 0.1) is 22.3 Å². The van der Waals surface area contributed by atoms with Crippen LogP contribution in [0.5, 0.6) is 0 Å². The highest BCUT2D eigenvalue weighted by Gasteiger charge is 2.69. The number of aryl methyl sites for hydroxylation is 1. The SMILES string of the molecule is CCOCC1(N)C(c2ccc(C)cc2)C1S(=O)(=O)c1ccccc1. The van der Waals surface area contributed by atoms with Crippen molar-refractivity contribution in [2.24, 2.45) is 5.73 Å². The summed E-state index contributed by atoms with van der Waals surface area (Å²) >= 11 is 0. The number of hydrogen-bond donors (Lipinski definition) is 1. The molecule has 0 radical (unpaired) electrons. The highest BCUT2D eigenvalue weighted by Crippen LogP contribution is 2.55. The van der Waals surface area contributed by atoms with Crippen LogP contribution >= 0.6 is 0 Å². The van der Waals surface area contributed by atoms with E-state index in [0.29, 0.717) is 11.5 Å². The summed E-state index contributed by atoms with van der Waals surface area (Å²) in [6.45, 7) is 4.63. The Morgan fingerprint density at radius 1 is 1.08 bits per heavy atom. The van der Waals surface area contributed by atoms with E-state index in [9.17, 15) is 8.42 Å². The van der Waals surface area contributed by atoms with Crippen LogP contribution in [0, 0.1) is 6.92 Å². The van der Waals surface area contributed by atoms with Crippen molar-refractivity contribution in [1.82, 2.24) is 0 Å². The third-order valence-corrected chi connectivity index (χ3v) is 7.01. The average Bonchev–Trinajstić information content (AvgIpc) is 3.21. The van der Waals surface area contributed by atoms with Gasteiger partial charge < -0.3 is 10.5 Å². The van der Waals surface area contributed by atoms with Gasteiger partial charge in [0, 0.05) is 12.5 Å². The molecule has 0 aromatic heterocycles. The molecule has 1 aliphatic rings. The molecule has 0 amide bonds. The predicted octanol–water partition coefficient (Wildman–Crippen LogP) is 2.67. The van der Waals surface area contributed by atoms with E-state index in [1.165, 1.54) is 0 Å². The minimum absolute atomic E-state index is 0.235. The van der Waals surface area contributed by atoms with Crippen LogP contribution in [0.1, 0.15) is 24.0 Å². The molecule has 0 bridgehead atoms. The lowest BCUT2D eigenvalue weighted by Crippen LogP contribution is -2.36. The van der Waals surface area contributed by atoms with Gasteiger partial charge in [0.2, 0.25) is 0 Å². The van der Waals surface area contributed by atoms with Crippen molar-refractivity contribution < 1.29 is 13.2 Å². The lowest BCUT2D eigenvalue weighted by molar-refractivity contribution is 0.125. The molecule has 1 fully saturated rings. The Morgan fingerprint density at radius 3 is 2.29 bits per heavy atom. The van der Waals surface area contributed by atoms with Gasteiger partial charge in [-0.2, -0.15) is 0 Å². The molecule has 3 unspecified atom stereocenters. The van der Waals surface area contributed by atoms with Crippen molar-refractivity contribution >= 4 is 9.84 Å². The molecule has 24 heavy (non-hydrogen) atoms. The Balaban J connectivity index is 1.99. The number of ether oxygens (including phenoxy) is 1. The van der Waals surface area contributed by atoms with Crippen LogP contribution in [0.25, 0.3) is 0 Å².